The first-order valence-corrected chi connectivity index (χ1v) is 12.6. The quantitative estimate of drug-likeness (QED) is 0.253. The van der Waals surface area contributed by atoms with Crippen LogP contribution in [0.2, 0.25) is 0 Å². The molecule has 4 aromatic rings. The Labute approximate surface area is 209 Å². The molecule has 0 radical (unpaired) electrons. The zero-order chi connectivity index (χ0) is 23.2. The number of phenolic OH excluding ortho intramolecular Hbond substituents is 1. The minimum atomic E-state index is -0.0330. The van der Waals surface area contributed by atoms with Gasteiger partial charge in [0.25, 0.3) is 0 Å². The van der Waals surface area contributed by atoms with Crippen LogP contribution >= 0.6 is 34.4 Å². The molecule has 0 atom stereocenters. The average molecular weight is 568 g/mol. The third-order valence-corrected chi connectivity index (χ3v) is 7.54. The van der Waals surface area contributed by atoms with E-state index in [0.717, 1.165) is 45.4 Å². The Morgan fingerprint density at radius 3 is 2.88 bits per heavy atom. The van der Waals surface area contributed by atoms with Gasteiger partial charge in [-0.3, -0.25) is 4.57 Å². The lowest BCUT2D eigenvalue weighted by Crippen LogP contribution is -2.24. The van der Waals surface area contributed by atoms with Crippen molar-refractivity contribution in [1.82, 2.24) is 19.5 Å². The molecule has 0 aliphatic carbocycles. The minimum Gasteiger partial charge on any atom is -0.507 e. The van der Waals surface area contributed by atoms with Crippen molar-refractivity contribution >= 4 is 51.3 Å². The number of aromatic hydroxyl groups is 1. The van der Waals surface area contributed by atoms with Crippen molar-refractivity contribution in [3.05, 3.63) is 57.4 Å². The highest BCUT2D eigenvalue weighted by molar-refractivity contribution is 14.1. The lowest BCUT2D eigenvalue weighted by Gasteiger charge is -2.20. The van der Waals surface area contributed by atoms with Crippen LogP contribution in [0.15, 0.2) is 47.6 Å². The van der Waals surface area contributed by atoms with Crippen LogP contribution in [0.3, 0.4) is 0 Å². The van der Waals surface area contributed by atoms with Gasteiger partial charge in [0.1, 0.15) is 5.75 Å². The molecule has 2 aromatic carbocycles. The number of halogens is 1. The van der Waals surface area contributed by atoms with Gasteiger partial charge in [-0.1, -0.05) is 30.0 Å². The van der Waals surface area contributed by atoms with E-state index in [2.05, 4.69) is 62.4 Å². The number of imidazole rings is 1. The second-order valence-corrected chi connectivity index (χ2v) is 10.5. The number of nitrogens with zero attached hydrogens (tertiary/aromatic N) is 5. The first-order chi connectivity index (χ1) is 15.9. The molecule has 0 amide bonds. The van der Waals surface area contributed by atoms with E-state index in [9.17, 15) is 10.4 Å². The molecule has 0 bridgehead atoms. The Bertz CT molecular complexity index is 1420. The largest absolute Gasteiger partial charge is 0.507 e. The lowest BCUT2D eigenvalue weighted by atomic mass is 9.99. The second kappa shape index (κ2) is 8.50. The summed E-state index contributed by atoms with van der Waals surface area (Å²) in [6.45, 7) is 5.06. The molecule has 5 rings (SSSR count). The third kappa shape index (κ3) is 4.13. The van der Waals surface area contributed by atoms with Crippen LogP contribution in [0.1, 0.15) is 25.0 Å². The zero-order valence-electron chi connectivity index (χ0n) is 18.1. The average Bonchev–Trinajstić information content (AvgIpc) is 3.32. The van der Waals surface area contributed by atoms with E-state index in [1.807, 2.05) is 24.3 Å². The number of benzene rings is 2. The number of phenols is 1. The van der Waals surface area contributed by atoms with Crippen LogP contribution in [0.5, 0.6) is 5.75 Å². The van der Waals surface area contributed by atoms with Gasteiger partial charge in [0, 0.05) is 40.5 Å². The Balaban J connectivity index is 1.38. The van der Waals surface area contributed by atoms with Gasteiger partial charge >= 0.3 is 0 Å². The van der Waals surface area contributed by atoms with E-state index in [4.69, 9.17) is 4.98 Å². The van der Waals surface area contributed by atoms with Crippen molar-refractivity contribution < 1.29 is 5.11 Å². The predicted octanol–water partition coefficient (Wildman–Crippen LogP) is 5.17. The first kappa shape index (κ1) is 22.0. The number of anilines is 1. The Morgan fingerprint density at radius 1 is 1.21 bits per heavy atom. The summed E-state index contributed by atoms with van der Waals surface area (Å²) in [5.41, 5.74) is 4.80. The Hall–Kier alpha value is -2.84. The van der Waals surface area contributed by atoms with Crippen LogP contribution in [0.25, 0.3) is 22.3 Å². The molecule has 0 fully saturated rings. The standard InChI is InChI=1S/C24H21IN6OS/c1-24(2)13-33-23-28-19-20(29-22(25)30-21(19)31(23)24)27-9-8-14-6-7-18(32)17(11-14)16-5-3-4-15(10-16)12-26/h3-7,10-11,32H,8-9,13H2,1-2H3,(H,27,29,30). The van der Waals surface area contributed by atoms with E-state index in [-0.39, 0.29) is 11.3 Å². The highest BCUT2D eigenvalue weighted by atomic mass is 127. The maximum Gasteiger partial charge on any atom is 0.194 e. The summed E-state index contributed by atoms with van der Waals surface area (Å²) in [5, 5.41) is 24.0. The summed E-state index contributed by atoms with van der Waals surface area (Å²) in [7, 11) is 0. The summed E-state index contributed by atoms with van der Waals surface area (Å²) in [6, 6.07) is 15.0. The van der Waals surface area contributed by atoms with Gasteiger partial charge in [0.05, 0.1) is 17.2 Å². The van der Waals surface area contributed by atoms with E-state index in [0.29, 0.717) is 21.5 Å². The molecule has 0 spiro atoms. The van der Waals surface area contributed by atoms with Crippen LogP contribution < -0.4 is 5.32 Å². The van der Waals surface area contributed by atoms with Crippen molar-refractivity contribution in [2.24, 2.45) is 0 Å². The molecule has 166 valence electrons. The van der Waals surface area contributed by atoms with Gasteiger partial charge in [-0.15, -0.1) is 0 Å². The summed E-state index contributed by atoms with van der Waals surface area (Å²) in [6.07, 6.45) is 0.737. The van der Waals surface area contributed by atoms with Gasteiger partial charge in [0.2, 0.25) is 0 Å². The normalized spacial score (nSPS) is 14.2. The van der Waals surface area contributed by atoms with Crippen molar-refractivity contribution in [3.8, 4) is 22.9 Å². The molecule has 33 heavy (non-hydrogen) atoms. The number of rotatable bonds is 5. The number of thioether (sulfide) groups is 1. The Kier molecular flexibility index (Phi) is 5.66. The highest BCUT2D eigenvalue weighted by Gasteiger charge is 2.34. The zero-order valence-corrected chi connectivity index (χ0v) is 21.1. The number of hydrogen-bond acceptors (Lipinski definition) is 7. The topological polar surface area (TPSA) is 99.7 Å². The Morgan fingerprint density at radius 2 is 2.06 bits per heavy atom. The highest BCUT2D eigenvalue weighted by Crippen LogP contribution is 2.40. The number of nitrogens with one attached hydrogen (secondary N) is 1. The summed E-state index contributed by atoms with van der Waals surface area (Å²) in [4.78, 5) is 14.1. The minimum absolute atomic E-state index is 0.0330. The van der Waals surface area contributed by atoms with Crippen LogP contribution in [0, 0.1) is 15.2 Å². The molecule has 0 unspecified atom stereocenters. The van der Waals surface area contributed by atoms with Crippen molar-refractivity contribution in [2.45, 2.75) is 31.0 Å². The van der Waals surface area contributed by atoms with Crippen molar-refractivity contribution in [2.75, 3.05) is 17.6 Å². The summed E-state index contributed by atoms with van der Waals surface area (Å²) in [5.74, 6) is 1.92. The molecule has 3 heterocycles. The van der Waals surface area contributed by atoms with E-state index in [1.165, 1.54) is 0 Å². The monoisotopic (exact) mass is 568 g/mol. The molecular formula is C24H21IN6OS. The maximum absolute atomic E-state index is 10.4. The van der Waals surface area contributed by atoms with Gasteiger partial charge in [0.15, 0.2) is 26.0 Å². The molecule has 2 N–H and O–H groups in total. The van der Waals surface area contributed by atoms with Crippen molar-refractivity contribution in [3.63, 3.8) is 0 Å². The smallest absolute Gasteiger partial charge is 0.194 e. The second-order valence-electron chi connectivity index (χ2n) is 8.57. The van der Waals surface area contributed by atoms with E-state index < -0.39 is 0 Å². The van der Waals surface area contributed by atoms with Crippen LogP contribution in [0.4, 0.5) is 5.82 Å². The van der Waals surface area contributed by atoms with E-state index in [1.54, 1.807) is 30.0 Å². The van der Waals surface area contributed by atoms with Gasteiger partial charge in [-0.2, -0.15) is 5.26 Å². The molecule has 2 aromatic heterocycles. The predicted molar refractivity (Wildman–Crippen MR) is 139 cm³/mol. The molecule has 0 saturated heterocycles. The maximum atomic E-state index is 10.4. The molecular weight excluding hydrogens is 547 g/mol. The van der Waals surface area contributed by atoms with Gasteiger partial charge < -0.3 is 10.4 Å². The molecule has 1 aliphatic heterocycles. The SMILES string of the molecule is CC1(C)CSc2nc3c(NCCc4ccc(O)c(-c5cccc(C#N)c5)c4)nc(I)nc3n21. The fourth-order valence-electron chi connectivity index (χ4n) is 4.03. The van der Waals surface area contributed by atoms with Crippen LogP contribution in [-0.2, 0) is 12.0 Å². The number of aromatic nitrogens is 4. The molecule has 1 aliphatic rings. The third-order valence-electron chi connectivity index (χ3n) is 5.68. The van der Waals surface area contributed by atoms with Gasteiger partial charge in [-0.05, 0) is 55.7 Å². The number of hydrogen-bond donors (Lipinski definition) is 2. The molecule has 0 saturated carbocycles. The number of fused-ring (bicyclic) bond motifs is 3. The summed E-state index contributed by atoms with van der Waals surface area (Å²) >= 11 is 3.90. The van der Waals surface area contributed by atoms with Crippen molar-refractivity contribution in [1.29, 1.82) is 5.26 Å². The molecule has 7 nitrogen and oxygen atoms in total. The van der Waals surface area contributed by atoms with E-state index >= 15 is 0 Å². The fraction of sp³-hybridized carbons (Fsp3) is 0.250. The van der Waals surface area contributed by atoms with Crippen LogP contribution in [-0.4, -0.2) is 36.9 Å². The fourth-order valence-corrected chi connectivity index (χ4v) is 5.73. The van der Waals surface area contributed by atoms with Gasteiger partial charge in [-0.25, -0.2) is 15.0 Å². The summed E-state index contributed by atoms with van der Waals surface area (Å²) < 4.78 is 2.89. The number of nitriles is 1. The lowest BCUT2D eigenvalue weighted by molar-refractivity contribution is 0.404. The molecule has 9 heteroatoms. The first-order valence-electron chi connectivity index (χ1n) is 10.5.